The van der Waals surface area contributed by atoms with Crippen LogP contribution < -0.4 is 15.6 Å². The third-order valence-corrected chi connectivity index (χ3v) is 8.61. The zero-order valence-electron chi connectivity index (χ0n) is 22.5. The number of nitrogens with zero attached hydrogens (tertiary/aromatic N) is 3. The molecule has 212 valence electrons. The fraction of sp³-hybridized carbons (Fsp3) is 0.433. The Hall–Kier alpha value is -3.37. The molecule has 40 heavy (non-hydrogen) atoms. The van der Waals surface area contributed by atoms with Gasteiger partial charge < -0.3 is 20.1 Å². The van der Waals surface area contributed by atoms with Crippen molar-refractivity contribution in [1.82, 2.24) is 19.8 Å². The van der Waals surface area contributed by atoms with E-state index in [1.165, 1.54) is 18.6 Å². The van der Waals surface area contributed by atoms with Crippen molar-refractivity contribution in [3.63, 3.8) is 0 Å². The lowest BCUT2D eigenvalue weighted by atomic mass is 10.0. The largest absolute Gasteiger partial charge is 0.508 e. The van der Waals surface area contributed by atoms with Crippen molar-refractivity contribution < 1.29 is 19.0 Å². The lowest BCUT2D eigenvalue weighted by molar-refractivity contribution is -0.131. The minimum absolute atomic E-state index is 0.0403. The first-order valence-corrected chi connectivity index (χ1v) is 14.8. The smallest absolute Gasteiger partial charge is 0.264 e. The molecule has 0 saturated heterocycles. The van der Waals surface area contributed by atoms with Gasteiger partial charge in [0.15, 0.2) is 5.16 Å². The van der Waals surface area contributed by atoms with Gasteiger partial charge in [0.05, 0.1) is 36.6 Å². The molecular weight excluding hydrogens is 531 g/mol. The number of aromatic nitrogens is 2. The van der Waals surface area contributed by atoms with Crippen LogP contribution in [-0.4, -0.2) is 57.0 Å². The van der Waals surface area contributed by atoms with Crippen LogP contribution in [0.2, 0.25) is 0 Å². The van der Waals surface area contributed by atoms with E-state index in [1.807, 2.05) is 0 Å². The number of benzene rings is 2. The van der Waals surface area contributed by atoms with E-state index in [0.717, 1.165) is 37.8 Å². The minimum Gasteiger partial charge on any atom is -0.508 e. The number of thioether (sulfide) groups is 1. The molecule has 2 aliphatic rings. The van der Waals surface area contributed by atoms with Gasteiger partial charge in [-0.25, -0.2) is 9.37 Å². The number of amides is 1. The van der Waals surface area contributed by atoms with Crippen LogP contribution in [0.1, 0.15) is 49.8 Å². The van der Waals surface area contributed by atoms with Crippen molar-refractivity contribution in [2.75, 3.05) is 26.2 Å². The number of rotatable bonds is 12. The zero-order chi connectivity index (χ0) is 27.9. The summed E-state index contributed by atoms with van der Waals surface area (Å²) >= 11 is 1.63. The Kier molecular flexibility index (Phi) is 9.38. The number of hydrogen-bond acceptors (Lipinski definition) is 7. The topological polar surface area (TPSA) is 96.7 Å². The number of phenols is 1. The molecule has 0 unspecified atom stereocenters. The third-order valence-electron chi connectivity index (χ3n) is 7.32. The highest BCUT2D eigenvalue weighted by Crippen LogP contribution is 2.36. The van der Waals surface area contributed by atoms with E-state index in [2.05, 4.69) is 5.32 Å². The van der Waals surface area contributed by atoms with Crippen LogP contribution in [0.3, 0.4) is 0 Å². The third kappa shape index (κ3) is 7.03. The summed E-state index contributed by atoms with van der Waals surface area (Å²) < 4.78 is 20.1. The number of ether oxygens (including phenoxy) is 1. The molecule has 0 spiro atoms. The van der Waals surface area contributed by atoms with Crippen LogP contribution in [0.25, 0.3) is 5.69 Å². The van der Waals surface area contributed by atoms with Crippen molar-refractivity contribution >= 4 is 17.7 Å². The Morgan fingerprint density at radius 2 is 1.98 bits per heavy atom. The summed E-state index contributed by atoms with van der Waals surface area (Å²) in [5.74, 6) is 0.424. The first-order valence-electron chi connectivity index (χ1n) is 14.0. The number of nitrogens with one attached hydrogen (secondary N) is 1. The predicted molar refractivity (Wildman–Crippen MR) is 153 cm³/mol. The molecule has 1 saturated carbocycles. The van der Waals surface area contributed by atoms with E-state index < -0.39 is 0 Å². The van der Waals surface area contributed by atoms with E-state index in [9.17, 15) is 19.1 Å². The van der Waals surface area contributed by atoms with Crippen molar-refractivity contribution in [1.29, 1.82) is 0 Å². The molecule has 2 N–H and O–H groups in total. The van der Waals surface area contributed by atoms with Crippen molar-refractivity contribution in [3.8, 4) is 17.2 Å². The summed E-state index contributed by atoms with van der Waals surface area (Å²) in [5.41, 5.74) is 1.71. The molecule has 2 heterocycles. The standard InChI is InChI=1S/C30H35FN4O4S/c31-21-10-12-24(13-11-21)39-17-3-1-2-15-32-19-28(37)34-16-14-27-26(20-34)29(38)35(22-6-4-7-23(36)18-22)30(33-27)40-25-8-5-9-25/h4,6-7,10-13,18,25,32,36H,1-3,5,8-9,14-17,19-20H2. The number of aromatic hydroxyl groups is 1. The van der Waals surface area contributed by atoms with Crippen LogP contribution in [-0.2, 0) is 17.8 Å². The van der Waals surface area contributed by atoms with Gasteiger partial charge >= 0.3 is 0 Å². The molecule has 1 aliphatic heterocycles. The maximum atomic E-state index is 13.7. The van der Waals surface area contributed by atoms with Crippen LogP contribution in [0.4, 0.5) is 4.39 Å². The fourth-order valence-electron chi connectivity index (χ4n) is 4.80. The van der Waals surface area contributed by atoms with E-state index in [1.54, 1.807) is 57.6 Å². The first-order chi connectivity index (χ1) is 19.5. The number of carbonyl (C=O) groups excluding carboxylic acids is 1. The Bertz CT molecular complexity index is 1380. The van der Waals surface area contributed by atoms with Crippen molar-refractivity contribution in [3.05, 3.63) is 76.0 Å². The molecule has 0 radical (unpaired) electrons. The maximum absolute atomic E-state index is 13.7. The molecule has 2 aromatic carbocycles. The van der Waals surface area contributed by atoms with Gasteiger partial charge in [-0.1, -0.05) is 24.2 Å². The Morgan fingerprint density at radius 3 is 2.73 bits per heavy atom. The van der Waals surface area contributed by atoms with Gasteiger partial charge in [0.1, 0.15) is 17.3 Å². The van der Waals surface area contributed by atoms with E-state index in [4.69, 9.17) is 9.72 Å². The van der Waals surface area contributed by atoms with Gasteiger partial charge in [-0.3, -0.25) is 14.2 Å². The maximum Gasteiger partial charge on any atom is 0.264 e. The SMILES string of the molecule is O=C(CNCCCCCOc1ccc(F)cc1)N1CCc2nc(SC3CCC3)n(-c3cccc(O)c3)c(=O)c2C1. The van der Waals surface area contributed by atoms with Crippen molar-refractivity contribution in [2.45, 2.75) is 61.9 Å². The van der Waals surface area contributed by atoms with E-state index in [-0.39, 0.29) is 36.1 Å². The summed E-state index contributed by atoms with van der Waals surface area (Å²) in [6, 6.07) is 12.7. The molecule has 3 aromatic rings. The highest BCUT2D eigenvalue weighted by atomic mass is 32.2. The summed E-state index contributed by atoms with van der Waals surface area (Å²) in [5, 5.41) is 14.4. The highest BCUT2D eigenvalue weighted by molar-refractivity contribution is 7.99. The van der Waals surface area contributed by atoms with Crippen LogP contribution >= 0.6 is 11.8 Å². The molecule has 8 nitrogen and oxygen atoms in total. The van der Waals surface area contributed by atoms with Crippen LogP contribution in [0.5, 0.6) is 11.5 Å². The molecule has 1 aromatic heterocycles. The second-order valence-corrected chi connectivity index (χ2v) is 11.5. The van der Waals surface area contributed by atoms with E-state index in [0.29, 0.717) is 53.5 Å². The summed E-state index contributed by atoms with van der Waals surface area (Å²) in [4.78, 5) is 33.3. The van der Waals surface area contributed by atoms with Gasteiger partial charge in [0.2, 0.25) is 5.91 Å². The zero-order valence-corrected chi connectivity index (χ0v) is 23.3. The molecule has 1 fully saturated rings. The number of halogens is 1. The summed E-state index contributed by atoms with van der Waals surface area (Å²) in [6.45, 7) is 2.25. The number of hydrogen-bond donors (Lipinski definition) is 2. The van der Waals surface area contributed by atoms with Gasteiger partial charge in [0, 0.05) is 24.3 Å². The van der Waals surface area contributed by atoms with Gasteiger partial charge in [-0.15, -0.1) is 0 Å². The summed E-state index contributed by atoms with van der Waals surface area (Å²) in [6.07, 6.45) is 6.67. The lowest BCUT2D eigenvalue weighted by Crippen LogP contribution is -2.44. The summed E-state index contributed by atoms with van der Waals surface area (Å²) in [7, 11) is 0. The molecule has 1 aliphatic carbocycles. The van der Waals surface area contributed by atoms with E-state index >= 15 is 0 Å². The number of unbranched alkanes of at least 4 members (excludes halogenated alkanes) is 2. The molecule has 0 bridgehead atoms. The highest BCUT2D eigenvalue weighted by Gasteiger charge is 2.28. The number of fused-ring (bicyclic) bond motifs is 1. The second kappa shape index (κ2) is 13.3. The number of carbonyl (C=O) groups is 1. The monoisotopic (exact) mass is 566 g/mol. The molecular formula is C30H35FN4O4S. The minimum atomic E-state index is -0.281. The first kappa shape index (κ1) is 28.2. The molecule has 5 rings (SSSR count). The van der Waals surface area contributed by atoms with Crippen LogP contribution in [0, 0.1) is 5.82 Å². The average Bonchev–Trinajstić information content (AvgIpc) is 2.93. The quantitative estimate of drug-likeness (QED) is 0.247. The van der Waals surface area contributed by atoms with Gasteiger partial charge in [0.25, 0.3) is 5.56 Å². The average molecular weight is 567 g/mol. The van der Waals surface area contributed by atoms with Crippen LogP contribution in [0.15, 0.2) is 58.5 Å². The molecule has 10 heteroatoms. The normalized spacial score (nSPS) is 15.0. The Morgan fingerprint density at radius 1 is 1.15 bits per heavy atom. The second-order valence-electron chi connectivity index (χ2n) is 10.3. The van der Waals surface area contributed by atoms with Gasteiger partial charge in [-0.2, -0.15) is 0 Å². The van der Waals surface area contributed by atoms with Gasteiger partial charge in [-0.05, 0) is 75.0 Å². The van der Waals surface area contributed by atoms with Crippen molar-refractivity contribution in [2.24, 2.45) is 0 Å². The Balaban J connectivity index is 1.13. The predicted octanol–water partition coefficient (Wildman–Crippen LogP) is 4.45. The molecule has 1 amide bonds. The Labute approximate surface area is 237 Å². The molecule has 0 atom stereocenters. The number of phenolic OH excluding ortho intramolecular Hbond substituents is 1. The lowest BCUT2D eigenvalue weighted by Gasteiger charge is -2.30. The fourth-order valence-corrected chi connectivity index (χ4v) is 6.12.